The van der Waals surface area contributed by atoms with Crippen molar-refractivity contribution >= 4 is 35.8 Å². The van der Waals surface area contributed by atoms with Gasteiger partial charge in [-0.3, -0.25) is 14.5 Å². The molecule has 142 valence electrons. The van der Waals surface area contributed by atoms with E-state index >= 15 is 0 Å². The Morgan fingerprint density at radius 1 is 1.52 bits per heavy atom. The Kier molecular flexibility index (Phi) is 7.70. The van der Waals surface area contributed by atoms with Crippen molar-refractivity contribution in [3.05, 3.63) is 17.5 Å². The van der Waals surface area contributed by atoms with Crippen LogP contribution in [0.1, 0.15) is 51.4 Å². The molecule has 1 aromatic heterocycles. The summed E-state index contributed by atoms with van der Waals surface area (Å²) in [6.07, 6.45) is 5.10. The lowest BCUT2D eigenvalue weighted by molar-refractivity contribution is -0.125. The summed E-state index contributed by atoms with van der Waals surface area (Å²) in [6.45, 7) is 8.37. The lowest BCUT2D eigenvalue weighted by Gasteiger charge is -2.27. The molecule has 0 aliphatic heterocycles. The topological polar surface area (TPSA) is 97.3 Å². The van der Waals surface area contributed by atoms with Gasteiger partial charge in [0.15, 0.2) is 5.96 Å². The Morgan fingerprint density at radius 3 is 2.76 bits per heavy atom. The van der Waals surface area contributed by atoms with Gasteiger partial charge in [0.05, 0.1) is 11.1 Å². The van der Waals surface area contributed by atoms with Gasteiger partial charge >= 0.3 is 0 Å². The van der Waals surface area contributed by atoms with Crippen LogP contribution < -0.4 is 16.4 Å². The van der Waals surface area contributed by atoms with Crippen LogP contribution in [0, 0.1) is 5.41 Å². The molecular weight excluding hydrogens is 431 g/mol. The fraction of sp³-hybridized carbons (Fsp3) is 0.706. The summed E-state index contributed by atoms with van der Waals surface area (Å²) < 4.78 is 2.04. The van der Waals surface area contributed by atoms with Crippen LogP contribution in [0.3, 0.4) is 0 Å². The fourth-order valence-electron chi connectivity index (χ4n) is 2.68. The number of aromatic nitrogens is 2. The van der Waals surface area contributed by atoms with E-state index in [1.165, 1.54) is 11.3 Å². The minimum atomic E-state index is -0.618. The summed E-state index contributed by atoms with van der Waals surface area (Å²) in [5.41, 5.74) is 7.31. The Morgan fingerprint density at radius 2 is 2.20 bits per heavy atom. The van der Waals surface area contributed by atoms with Gasteiger partial charge in [-0.15, -0.1) is 24.0 Å². The van der Waals surface area contributed by atoms with E-state index in [4.69, 9.17) is 10.8 Å². The number of carbonyl (C=O) groups excluding carboxylic acids is 1. The third-order valence-corrected chi connectivity index (χ3v) is 4.56. The Hall–Kier alpha value is -1.32. The van der Waals surface area contributed by atoms with Crippen molar-refractivity contribution in [2.24, 2.45) is 16.1 Å². The van der Waals surface area contributed by atoms with Crippen LogP contribution in [0.2, 0.25) is 0 Å². The number of hydrogen-bond donors (Lipinski definition) is 3. The fourth-order valence-corrected chi connectivity index (χ4v) is 2.68. The molecule has 1 amide bonds. The zero-order chi connectivity index (χ0) is 17.9. The van der Waals surface area contributed by atoms with Gasteiger partial charge in [-0.1, -0.05) is 0 Å². The lowest BCUT2D eigenvalue weighted by Crippen LogP contribution is -2.50. The van der Waals surface area contributed by atoms with Crippen molar-refractivity contribution in [2.45, 2.75) is 59.0 Å². The molecule has 7 nitrogen and oxygen atoms in total. The quantitative estimate of drug-likeness (QED) is 0.352. The minimum absolute atomic E-state index is 0. The first-order valence-electron chi connectivity index (χ1n) is 8.57. The van der Waals surface area contributed by atoms with Crippen LogP contribution in [-0.2, 0) is 17.6 Å². The molecule has 1 unspecified atom stereocenters. The number of amides is 1. The second-order valence-corrected chi connectivity index (χ2v) is 7.43. The Bertz CT molecular complexity index is 623. The summed E-state index contributed by atoms with van der Waals surface area (Å²) in [5.74, 6) is 0.369. The molecule has 1 atom stereocenters. The van der Waals surface area contributed by atoms with Crippen LogP contribution in [-0.4, -0.2) is 41.3 Å². The zero-order valence-electron chi connectivity index (χ0n) is 15.8. The molecule has 1 heterocycles. The molecule has 0 bridgehead atoms. The Labute approximate surface area is 167 Å². The number of primary amides is 1. The first-order valence-corrected chi connectivity index (χ1v) is 8.57. The summed E-state index contributed by atoms with van der Waals surface area (Å²) in [7, 11) is 1.73. The van der Waals surface area contributed by atoms with Crippen molar-refractivity contribution in [2.75, 3.05) is 13.6 Å². The molecule has 25 heavy (non-hydrogen) atoms. The van der Waals surface area contributed by atoms with Crippen LogP contribution >= 0.6 is 24.0 Å². The molecule has 0 fully saturated rings. The number of nitrogens with zero attached hydrogens (tertiary/aromatic N) is 3. The maximum absolute atomic E-state index is 11.4. The molecule has 0 saturated heterocycles. The molecule has 0 spiro atoms. The van der Waals surface area contributed by atoms with E-state index in [9.17, 15) is 4.79 Å². The third-order valence-electron chi connectivity index (χ3n) is 4.56. The van der Waals surface area contributed by atoms with Crippen molar-refractivity contribution in [3.63, 3.8) is 0 Å². The predicted molar refractivity (Wildman–Crippen MR) is 111 cm³/mol. The van der Waals surface area contributed by atoms with Crippen LogP contribution in [0.25, 0.3) is 0 Å². The van der Waals surface area contributed by atoms with Crippen LogP contribution in [0.15, 0.2) is 11.2 Å². The summed E-state index contributed by atoms with van der Waals surface area (Å²) in [5, 5.41) is 11.3. The summed E-state index contributed by atoms with van der Waals surface area (Å²) in [6, 6.07) is 0.670. The van der Waals surface area contributed by atoms with Gasteiger partial charge in [-0.2, -0.15) is 5.10 Å². The second kappa shape index (κ2) is 8.86. The monoisotopic (exact) mass is 462 g/mol. The van der Waals surface area contributed by atoms with Gasteiger partial charge in [0.25, 0.3) is 0 Å². The van der Waals surface area contributed by atoms with E-state index in [-0.39, 0.29) is 35.9 Å². The molecule has 0 radical (unpaired) electrons. The molecule has 1 aliphatic rings. The third kappa shape index (κ3) is 5.58. The minimum Gasteiger partial charge on any atom is -0.369 e. The molecule has 1 aromatic rings. The van der Waals surface area contributed by atoms with Crippen LogP contribution in [0.5, 0.6) is 0 Å². The Balaban J connectivity index is 0.00000312. The smallest absolute Gasteiger partial charge is 0.224 e. The maximum atomic E-state index is 11.4. The first kappa shape index (κ1) is 21.7. The highest BCUT2D eigenvalue weighted by Gasteiger charge is 2.26. The number of rotatable bonds is 5. The molecule has 8 heteroatoms. The normalized spacial score (nSPS) is 17.7. The number of nitrogens with one attached hydrogen (secondary N) is 2. The molecule has 1 aliphatic carbocycles. The number of nitrogens with two attached hydrogens (primary N) is 1. The number of aryl methyl sites for hydroxylation is 1. The first-order chi connectivity index (χ1) is 11.2. The van der Waals surface area contributed by atoms with Crippen molar-refractivity contribution < 1.29 is 4.79 Å². The van der Waals surface area contributed by atoms with Crippen LogP contribution in [0.4, 0.5) is 0 Å². The van der Waals surface area contributed by atoms with Gasteiger partial charge in [0.1, 0.15) is 0 Å². The number of guanidine groups is 1. The highest BCUT2D eigenvalue weighted by atomic mass is 127. The lowest BCUT2D eigenvalue weighted by atomic mass is 9.92. The maximum Gasteiger partial charge on any atom is 0.224 e. The van der Waals surface area contributed by atoms with E-state index in [2.05, 4.69) is 35.7 Å². The van der Waals surface area contributed by atoms with Crippen molar-refractivity contribution in [1.82, 2.24) is 20.4 Å². The van der Waals surface area contributed by atoms with Gasteiger partial charge in [-0.05, 0) is 46.1 Å². The van der Waals surface area contributed by atoms with Crippen molar-refractivity contribution in [1.29, 1.82) is 0 Å². The van der Waals surface area contributed by atoms with E-state index in [1.807, 2.05) is 18.5 Å². The van der Waals surface area contributed by atoms with Gasteiger partial charge in [-0.25, -0.2) is 0 Å². The van der Waals surface area contributed by atoms with Gasteiger partial charge < -0.3 is 16.4 Å². The van der Waals surface area contributed by atoms with Crippen molar-refractivity contribution in [3.8, 4) is 0 Å². The van der Waals surface area contributed by atoms with E-state index in [1.54, 1.807) is 7.05 Å². The average Bonchev–Trinajstić information content (AvgIpc) is 2.94. The average molecular weight is 462 g/mol. The molecule has 2 rings (SSSR count). The number of fused-ring (bicyclic) bond motifs is 1. The second-order valence-electron chi connectivity index (χ2n) is 7.43. The molecule has 0 saturated carbocycles. The highest BCUT2D eigenvalue weighted by Crippen LogP contribution is 2.21. The summed E-state index contributed by atoms with van der Waals surface area (Å²) >= 11 is 0. The van der Waals surface area contributed by atoms with Gasteiger partial charge in [0.2, 0.25) is 5.91 Å². The van der Waals surface area contributed by atoms with Gasteiger partial charge in [0, 0.05) is 38.3 Å². The van der Waals surface area contributed by atoms with E-state index in [0.717, 1.165) is 19.3 Å². The number of halogens is 1. The summed E-state index contributed by atoms with van der Waals surface area (Å²) in [4.78, 5) is 15.7. The molecule has 4 N–H and O–H groups in total. The SMILES string of the molecule is CN=C(NCC(C)(C)C(N)=O)NC1CCc2cn(C(C)C)nc2C1.I. The highest BCUT2D eigenvalue weighted by molar-refractivity contribution is 14.0. The zero-order valence-corrected chi connectivity index (χ0v) is 18.1. The van der Waals surface area contributed by atoms with E-state index in [0.29, 0.717) is 18.5 Å². The molecule has 0 aromatic carbocycles. The predicted octanol–water partition coefficient (Wildman–Crippen LogP) is 1.62. The number of aliphatic imine (C=N–C) groups is 1. The van der Waals surface area contributed by atoms with E-state index < -0.39 is 5.41 Å². The number of hydrogen-bond acceptors (Lipinski definition) is 3. The molecular formula is C17H31IN6O. The largest absolute Gasteiger partial charge is 0.369 e. The standard InChI is InChI=1S/C17H30N6O.HI/c1-11(2)23-9-12-6-7-13(8-14(12)22-23)21-16(19-5)20-10-17(3,4)15(18)24;/h9,11,13H,6-8,10H2,1-5H3,(H2,18,24)(H2,19,20,21);1H. The number of carbonyl (C=O) groups is 1.